The van der Waals surface area contributed by atoms with Crippen molar-refractivity contribution in [2.24, 2.45) is 5.41 Å². The molecule has 0 bridgehead atoms. The third-order valence-electron chi connectivity index (χ3n) is 2.37. The molecule has 0 atom stereocenters. The third kappa shape index (κ3) is 1.04. The lowest BCUT2D eigenvalue weighted by molar-refractivity contribution is -0.131. The van der Waals surface area contributed by atoms with E-state index in [0.29, 0.717) is 0 Å². The number of carbonyl (C=O) groups is 1. The van der Waals surface area contributed by atoms with Crippen LogP contribution in [0, 0.1) is 16.7 Å². The molecule has 0 heterocycles. The second-order valence-electron chi connectivity index (χ2n) is 3.17. The van der Waals surface area contributed by atoms with Crippen LogP contribution < -0.4 is 0 Å². The van der Waals surface area contributed by atoms with Gasteiger partial charge in [0.1, 0.15) is 0 Å². The quantitative estimate of drug-likeness (QED) is 0.580. The Kier molecular flexibility index (Phi) is 1.76. The van der Waals surface area contributed by atoms with Crippen LogP contribution in [-0.2, 0) is 4.79 Å². The molecule has 10 heavy (non-hydrogen) atoms. The van der Waals surface area contributed by atoms with Gasteiger partial charge in [0.2, 0.25) is 0 Å². The summed E-state index contributed by atoms with van der Waals surface area (Å²) in [6, 6.07) is 1.89. The van der Waals surface area contributed by atoms with Gasteiger partial charge in [0.05, 0.1) is 12.5 Å². The number of Topliss-reactive ketones (excluding diaryl/α,β-unsaturated/α-hetero) is 1. The smallest absolute Gasteiger partial charge is 0.152 e. The van der Waals surface area contributed by atoms with Crippen molar-refractivity contribution in [3.8, 4) is 6.07 Å². The van der Waals surface area contributed by atoms with E-state index in [-0.39, 0.29) is 17.6 Å². The average molecular weight is 137 g/mol. The van der Waals surface area contributed by atoms with E-state index in [2.05, 4.69) is 0 Å². The number of carbonyl (C=O) groups excluding carboxylic acids is 1. The number of ketones is 1. The van der Waals surface area contributed by atoms with Gasteiger partial charge in [-0.25, -0.2) is 0 Å². The molecule has 54 valence electrons. The van der Waals surface area contributed by atoms with Crippen molar-refractivity contribution in [2.75, 3.05) is 0 Å². The summed E-state index contributed by atoms with van der Waals surface area (Å²) in [5, 5.41) is 8.25. The first kappa shape index (κ1) is 7.27. The van der Waals surface area contributed by atoms with Crippen LogP contribution >= 0.6 is 0 Å². The van der Waals surface area contributed by atoms with Gasteiger partial charge in [-0.3, -0.25) is 4.79 Å². The number of hydrogen-bond donors (Lipinski definition) is 0. The molecule has 0 N–H and O–H groups in total. The molecule has 0 radical (unpaired) electrons. The Morgan fingerprint density at radius 1 is 1.70 bits per heavy atom. The van der Waals surface area contributed by atoms with E-state index in [1.165, 1.54) is 0 Å². The lowest BCUT2D eigenvalue weighted by atomic mass is 9.67. The molecule has 0 spiro atoms. The largest absolute Gasteiger partial charge is 0.298 e. The number of hydrogen-bond acceptors (Lipinski definition) is 2. The Hall–Kier alpha value is -0.840. The van der Waals surface area contributed by atoms with E-state index < -0.39 is 0 Å². The van der Waals surface area contributed by atoms with Gasteiger partial charge in [0.15, 0.2) is 5.78 Å². The van der Waals surface area contributed by atoms with Crippen molar-refractivity contribution >= 4 is 5.78 Å². The zero-order chi connectivity index (χ0) is 7.61. The monoisotopic (exact) mass is 137 g/mol. The topological polar surface area (TPSA) is 40.9 Å². The minimum atomic E-state index is -0.129. The Morgan fingerprint density at radius 2 is 2.30 bits per heavy atom. The molecule has 0 aromatic carbocycles. The van der Waals surface area contributed by atoms with Crippen molar-refractivity contribution in [3.63, 3.8) is 0 Å². The predicted octanol–water partition coefficient (Wildman–Crippen LogP) is 1.66. The van der Waals surface area contributed by atoms with Gasteiger partial charge in [0.25, 0.3) is 0 Å². The highest BCUT2D eigenvalue weighted by Gasteiger charge is 2.38. The van der Waals surface area contributed by atoms with Crippen molar-refractivity contribution in [2.45, 2.75) is 32.6 Å². The van der Waals surface area contributed by atoms with Crippen LogP contribution in [0.5, 0.6) is 0 Å². The van der Waals surface area contributed by atoms with Crippen LogP contribution in [-0.4, -0.2) is 5.78 Å². The fraction of sp³-hybridized carbons (Fsp3) is 0.750. The number of rotatable bonds is 2. The summed E-state index contributed by atoms with van der Waals surface area (Å²) in [6.07, 6.45) is 3.20. The molecule has 0 amide bonds. The molecule has 2 nitrogen and oxygen atoms in total. The maximum absolute atomic E-state index is 11.1. The maximum atomic E-state index is 11.1. The summed E-state index contributed by atoms with van der Waals surface area (Å²) in [5.41, 5.74) is -0.129. The summed E-state index contributed by atoms with van der Waals surface area (Å²) >= 11 is 0. The molecule has 1 saturated carbocycles. The van der Waals surface area contributed by atoms with Gasteiger partial charge >= 0.3 is 0 Å². The van der Waals surface area contributed by atoms with Crippen LogP contribution in [0.1, 0.15) is 32.6 Å². The number of nitrogens with zero attached hydrogens (tertiary/aromatic N) is 1. The first-order valence-corrected chi connectivity index (χ1v) is 3.59. The molecule has 2 heteroatoms. The molecule has 1 aliphatic rings. The van der Waals surface area contributed by atoms with E-state index >= 15 is 0 Å². The molecule has 1 rings (SSSR count). The molecule has 1 fully saturated rings. The van der Waals surface area contributed by atoms with Crippen molar-refractivity contribution < 1.29 is 4.79 Å². The van der Waals surface area contributed by atoms with Crippen LogP contribution in [0.3, 0.4) is 0 Å². The summed E-state index contributed by atoms with van der Waals surface area (Å²) < 4.78 is 0. The van der Waals surface area contributed by atoms with Gasteiger partial charge < -0.3 is 0 Å². The van der Waals surface area contributed by atoms with Gasteiger partial charge in [-0.15, -0.1) is 0 Å². The van der Waals surface area contributed by atoms with Gasteiger partial charge in [-0.1, -0.05) is 13.3 Å². The highest BCUT2D eigenvalue weighted by Crippen LogP contribution is 2.41. The van der Waals surface area contributed by atoms with Gasteiger partial charge in [0, 0.05) is 5.41 Å². The zero-order valence-electron chi connectivity index (χ0n) is 6.18. The zero-order valence-corrected chi connectivity index (χ0v) is 6.18. The first-order valence-electron chi connectivity index (χ1n) is 3.59. The lowest BCUT2D eigenvalue weighted by Gasteiger charge is -2.35. The molecular weight excluding hydrogens is 126 g/mol. The molecule has 0 aromatic rings. The minimum absolute atomic E-state index is 0.0938. The Morgan fingerprint density at radius 3 is 2.60 bits per heavy atom. The highest BCUT2D eigenvalue weighted by molar-refractivity contribution is 5.86. The summed E-state index contributed by atoms with van der Waals surface area (Å²) in [5.74, 6) is 0.126. The predicted molar refractivity (Wildman–Crippen MR) is 37.2 cm³/mol. The second-order valence-corrected chi connectivity index (χ2v) is 3.17. The van der Waals surface area contributed by atoms with Crippen molar-refractivity contribution in [1.82, 2.24) is 0 Å². The second kappa shape index (κ2) is 2.42. The van der Waals surface area contributed by atoms with Gasteiger partial charge in [-0.05, 0) is 12.8 Å². The molecule has 0 aliphatic heterocycles. The fourth-order valence-electron chi connectivity index (χ4n) is 1.27. The Labute approximate surface area is 60.8 Å². The van der Waals surface area contributed by atoms with Crippen LogP contribution in [0.2, 0.25) is 0 Å². The van der Waals surface area contributed by atoms with E-state index in [1.807, 2.05) is 13.0 Å². The summed E-state index contributed by atoms with van der Waals surface area (Å²) in [4.78, 5) is 11.1. The van der Waals surface area contributed by atoms with Crippen LogP contribution in [0.4, 0.5) is 0 Å². The van der Waals surface area contributed by atoms with Gasteiger partial charge in [-0.2, -0.15) is 5.26 Å². The molecule has 1 aliphatic carbocycles. The standard InChI is InChI=1S/C8H11NO/c1-8(4-2-5-8)7(10)3-6-9/h2-5H2,1H3. The SMILES string of the molecule is CC1(C(=O)CC#N)CCC1. The van der Waals surface area contributed by atoms with E-state index in [1.54, 1.807) is 0 Å². The maximum Gasteiger partial charge on any atom is 0.152 e. The Bertz CT molecular complexity index is 186. The summed E-state index contributed by atoms with van der Waals surface area (Å²) in [7, 11) is 0. The normalized spacial score (nSPS) is 20.8. The van der Waals surface area contributed by atoms with Crippen molar-refractivity contribution in [1.29, 1.82) is 5.26 Å². The van der Waals surface area contributed by atoms with Crippen LogP contribution in [0.15, 0.2) is 0 Å². The lowest BCUT2D eigenvalue weighted by Crippen LogP contribution is -2.34. The number of nitriles is 1. The van der Waals surface area contributed by atoms with Crippen LogP contribution in [0.25, 0.3) is 0 Å². The third-order valence-corrected chi connectivity index (χ3v) is 2.37. The fourth-order valence-corrected chi connectivity index (χ4v) is 1.27. The molecular formula is C8H11NO. The highest BCUT2D eigenvalue weighted by atomic mass is 16.1. The van der Waals surface area contributed by atoms with E-state index in [0.717, 1.165) is 19.3 Å². The minimum Gasteiger partial charge on any atom is -0.298 e. The first-order chi connectivity index (χ1) is 4.69. The van der Waals surface area contributed by atoms with E-state index in [9.17, 15) is 4.79 Å². The molecule has 0 unspecified atom stereocenters. The molecule has 0 aromatic heterocycles. The van der Waals surface area contributed by atoms with E-state index in [4.69, 9.17) is 5.26 Å². The average Bonchev–Trinajstić information content (AvgIpc) is 1.83. The summed E-state index contributed by atoms with van der Waals surface area (Å²) in [6.45, 7) is 1.95. The molecule has 0 saturated heterocycles. The van der Waals surface area contributed by atoms with Crippen molar-refractivity contribution in [3.05, 3.63) is 0 Å². The Balaban J connectivity index is 2.49.